The molecule has 0 amide bonds. The zero-order chi connectivity index (χ0) is 21.3. The van der Waals surface area contributed by atoms with E-state index in [0.717, 1.165) is 47.5 Å². The topological polar surface area (TPSA) is 34.1 Å². The van der Waals surface area contributed by atoms with Crippen LogP contribution in [0, 0.1) is 39.4 Å². The predicted molar refractivity (Wildman–Crippen MR) is 119 cm³/mol. The molecule has 0 radical (unpaired) electrons. The third-order valence-electron chi connectivity index (χ3n) is 11.0. The van der Waals surface area contributed by atoms with Crippen LogP contribution in [0.2, 0.25) is 0 Å². The molecule has 2 bridgehead atoms. The molecule has 0 saturated heterocycles. The molecule has 0 aromatic heterocycles. The zero-order valence-electron chi connectivity index (χ0n) is 18.8. The summed E-state index contributed by atoms with van der Waals surface area (Å²) in [7, 11) is 0. The summed E-state index contributed by atoms with van der Waals surface area (Å²) in [6.45, 7) is 11.2. The molecule has 5 saturated carbocycles. The summed E-state index contributed by atoms with van der Waals surface area (Å²) < 4.78 is 0. The molecule has 5 aliphatic carbocycles. The third-order valence-corrected chi connectivity index (χ3v) is 11.0. The number of hydrogen-bond acceptors (Lipinski definition) is 2. The quantitative estimate of drug-likeness (QED) is 0.561. The van der Waals surface area contributed by atoms with Crippen molar-refractivity contribution in [3.05, 3.63) is 46.5 Å². The largest absolute Gasteiger partial charge is 0.294 e. The highest BCUT2D eigenvalue weighted by molar-refractivity contribution is 6.09. The summed E-state index contributed by atoms with van der Waals surface area (Å²) in [6.07, 6.45) is 8.64. The van der Waals surface area contributed by atoms with Crippen LogP contribution in [0.1, 0.15) is 71.4 Å². The Morgan fingerprint density at radius 3 is 2.00 bits per heavy atom. The summed E-state index contributed by atoms with van der Waals surface area (Å²) in [5.41, 5.74) is 4.11. The summed E-state index contributed by atoms with van der Waals surface area (Å²) >= 11 is 0. The molecule has 2 heteroatoms. The van der Waals surface area contributed by atoms with Crippen LogP contribution in [0.15, 0.2) is 35.4 Å². The van der Waals surface area contributed by atoms with Crippen LogP contribution in [-0.4, -0.2) is 11.6 Å². The van der Waals surface area contributed by atoms with E-state index in [1.54, 1.807) is 0 Å². The van der Waals surface area contributed by atoms with Crippen molar-refractivity contribution in [2.24, 2.45) is 39.4 Å². The van der Waals surface area contributed by atoms with Gasteiger partial charge in [0.05, 0.1) is 0 Å². The van der Waals surface area contributed by atoms with Gasteiger partial charge in [-0.3, -0.25) is 9.59 Å². The Morgan fingerprint density at radius 2 is 1.47 bits per heavy atom. The molecule has 2 nitrogen and oxygen atoms in total. The van der Waals surface area contributed by atoms with E-state index in [-0.39, 0.29) is 21.7 Å². The summed E-state index contributed by atoms with van der Waals surface area (Å²) in [5.74, 6) is 2.26. The van der Waals surface area contributed by atoms with Gasteiger partial charge in [0, 0.05) is 10.8 Å². The molecule has 1 aromatic carbocycles. The number of benzene rings is 1. The maximum Gasteiger partial charge on any atom is 0.165 e. The molecule has 6 unspecified atom stereocenters. The van der Waals surface area contributed by atoms with E-state index < -0.39 is 0 Å². The minimum Gasteiger partial charge on any atom is -0.294 e. The van der Waals surface area contributed by atoms with Gasteiger partial charge in [0.2, 0.25) is 0 Å². The standard InChI is InChI=1S/C28H32O2/c1-25(2)21-9-10-26(25,3)23(29)19(21)12-16-7-6-8-17(11-16)13-20-22-14-18-15-27(4,24(20)30)28(18,22)5/h6-8,11-13,18,21-22H,9-10,14-15H2,1-5H3/b19-12+,20-13+. The second-order valence-electron chi connectivity index (χ2n) is 12.0. The molecule has 0 N–H and O–H groups in total. The first kappa shape index (κ1) is 18.8. The van der Waals surface area contributed by atoms with E-state index in [9.17, 15) is 9.59 Å². The highest BCUT2D eigenvalue weighted by atomic mass is 16.1. The van der Waals surface area contributed by atoms with E-state index in [0.29, 0.717) is 23.4 Å². The highest BCUT2D eigenvalue weighted by Crippen LogP contribution is 2.80. The normalized spacial score (nSPS) is 47.6. The fraction of sp³-hybridized carbons (Fsp3) is 0.571. The van der Waals surface area contributed by atoms with Crippen LogP contribution in [0.5, 0.6) is 0 Å². The molecule has 5 fully saturated rings. The van der Waals surface area contributed by atoms with E-state index >= 15 is 0 Å². The van der Waals surface area contributed by atoms with Crippen molar-refractivity contribution < 1.29 is 9.59 Å². The molecule has 1 aromatic rings. The zero-order valence-corrected chi connectivity index (χ0v) is 18.8. The molecule has 156 valence electrons. The second kappa shape index (κ2) is 5.26. The molecule has 0 heterocycles. The van der Waals surface area contributed by atoms with Crippen LogP contribution in [0.25, 0.3) is 12.2 Å². The maximum absolute atomic E-state index is 13.2. The fourth-order valence-corrected chi connectivity index (χ4v) is 8.23. The SMILES string of the molecule is CC12CCC(/C(=C\c3cccc(/C=C4/C(=O)C5(C)CC6CC4C65C)c3)C1=O)C2(C)C. The minimum atomic E-state index is -0.218. The van der Waals surface area contributed by atoms with Gasteiger partial charge in [-0.05, 0) is 94.8 Å². The van der Waals surface area contributed by atoms with Crippen molar-refractivity contribution in [2.75, 3.05) is 0 Å². The van der Waals surface area contributed by atoms with Gasteiger partial charge in [-0.1, -0.05) is 52.8 Å². The first-order valence-corrected chi connectivity index (χ1v) is 11.7. The first-order valence-electron chi connectivity index (χ1n) is 11.7. The maximum atomic E-state index is 13.2. The average molecular weight is 401 g/mol. The lowest BCUT2D eigenvalue weighted by molar-refractivity contribution is -0.198. The van der Waals surface area contributed by atoms with Crippen molar-refractivity contribution >= 4 is 23.7 Å². The molecule has 0 spiro atoms. The summed E-state index contributed by atoms with van der Waals surface area (Å²) in [5, 5.41) is 0. The lowest BCUT2D eigenvalue weighted by Gasteiger charge is -2.67. The van der Waals surface area contributed by atoms with E-state index in [4.69, 9.17) is 0 Å². The van der Waals surface area contributed by atoms with Gasteiger partial charge in [-0.15, -0.1) is 0 Å². The Labute approximate surface area is 179 Å². The fourth-order valence-electron chi connectivity index (χ4n) is 8.23. The van der Waals surface area contributed by atoms with Crippen molar-refractivity contribution in [3.8, 4) is 0 Å². The monoisotopic (exact) mass is 400 g/mol. The number of rotatable bonds is 2. The second-order valence-corrected chi connectivity index (χ2v) is 12.0. The van der Waals surface area contributed by atoms with E-state index in [1.165, 1.54) is 6.42 Å². The van der Waals surface area contributed by atoms with Crippen LogP contribution >= 0.6 is 0 Å². The van der Waals surface area contributed by atoms with Crippen LogP contribution in [0.3, 0.4) is 0 Å². The van der Waals surface area contributed by atoms with Gasteiger partial charge in [-0.25, -0.2) is 0 Å². The minimum absolute atomic E-state index is 0.0384. The number of fused-ring (bicyclic) bond motifs is 2. The highest BCUT2D eigenvalue weighted by Gasteiger charge is 2.78. The average Bonchev–Trinajstić information content (AvgIpc) is 2.98. The molecular weight excluding hydrogens is 368 g/mol. The number of hydrogen-bond donors (Lipinski definition) is 0. The van der Waals surface area contributed by atoms with Gasteiger partial charge in [-0.2, -0.15) is 0 Å². The Morgan fingerprint density at radius 1 is 0.867 bits per heavy atom. The van der Waals surface area contributed by atoms with Crippen molar-refractivity contribution in [3.63, 3.8) is 0 Å². The number of carbonyl (C=O) groups is 2. The molecule has 30 heavy (non-hydrogen) atoms. The molecule has 0 aliphatic heterocycles. The number of Topliss-reactive ketones (excluding diaryl/α,β-unsaturated/α-hetero) is 2. The summed E-state index contributed by atoms with van der Waals surface area (Å²) in [4.78, 5) is 26.4. The number of ketones is 2. The number of allylic oxidation sites excluding steroid dienone is 2. The smallest absolute Gasteiger partial charge is 0.165 e. The van der Waals surface area contributed by atoms with Crippen LogP contribution < -0.4 is 0 Å². The Kier molecular flexibility index (Phi) is 3.29. The van der Waals surface area contributed by atoms with Gasteiger partial charge in [0.1, 0.15) is 0 Å². The predicted octanol–water partition coefficient (Wildman–Crippen LogP) is 6.11. The first-order chi connectivity index (χ1) is 14.0. The van der Waals surface area contributed by atoms with E-state index in [2.05, 4.69) is 71.0 Å². The molecule has 6 rings (SSSR count). The Bertz CT molecular complexity index is 1050. The van der Waals surface area contributed by atoms with Gasteiger partial charge in [0.15, 0.2) is 11.6 Å². The molecular formula is C28H32O2. The van der Waals surface area contributed by atoms with Crippen molar-refractivity contribution in [1.29, 1.82) is 0 Å². The van der Waals surface area contributed by atoms with Crippen molar-refractivity contribution in [1.82, 2.24) is 0 Å². The van der Waals surface area contributed by atoms with Crippen LogP contribution in [0.4, 0.5) is 0 Å². The van der Waals surface area contributed by atoms with Crippen molar-refractivity contribution in [2.45, 2.75) is 60.3 Å². The van der Waals surface area contributed by atoms with E-state index in [1.807, 2.05) is 0 Å². The Balaban J connectivity index is 1.35. The third kappa shape index (κ3) is 1.81. The number of carbonyl (C=O) groups excluding carboxylic acids is 2. The van der Waals surface area contributed by atoms with Gasteiger partial charge >= 0.3 is 0 Å². The van der Waals surface area contributed by atoms with Crippen LogP contribution in [-0.2, 0) is 9.59 Å². The summed E-state index contributed by atoms with van der Waals surface area (Å²) in [6, 6.07) is 8.40. The lowest BCUT2D eigenvalue weighted by atomic mass is 9.36. The van der Waals surface area contributed by atoms with Gasteiger partial charge < -0.3 is 0 Å². The lowest BCUT2D eigenvalue weighted by Crippen LogP contribution is -2.63. The van der Waals surface area contributed by atoms with Gasteiger partial charge in [0.25, 0.3) is 0 Å². The Hall–Kier alpha value is -1.96. The molecule has 6 atom stereocenters. The molecule has 5 aliphatic rings.